The monoisotopic (exact) mass is 370 g/mol. The van der Waals surface area contributed by atoms with Gasteiger partial charge in [0.2, 0.25) is 0 Å². The molecule has 2 aromatic heterocycles. The van der Waals surface area contributed by atoms with Crippen molar-refractivity contribution in [2.45, 2.75) is 12.8 Å². The molecule has 0 radical (unpaired) electrons. The Kier molecular flexibility index (Phi) is 4.83. The van der Waals surface area contributed by atoms with Gasteiger partial charge in [0.1, 0.15) is 17.8 Å². The van der Waals surface area contributed by atoms with Crippen molar-refractivity contribution in [3.63, 3.8) is 0 Å². The standard InChI is InChI=1S/C18H22N6OS/c1-23-7-3-2-4-13(23)10-20-18(25)15-11-24(8-9-26-15)17-14-5-6-19-16(14)21-12-22-17/h4-6,11-12H,2-3,7-10H2,1H3,(H,20,25)(H,19,21,22). The van der Waals surface area contributed by atoms with Gasteiger partial charge >= 0.3 is 0 Å². The van der Waals surface area contributed by atoms with Crippen LogP contribution >= 0.6 is 11.8 Å². The largest absolute Gasteiger partial charge is 0.377 e. The Morgan fingerprint density at radius 1 is 1.38 bits per heavy atom. The van der Waals surface area contributed by atoms with Gasteiger partial charge in [0.25, 0.3) is 5.91 Å². The number of carbonyl (C=O) groups is 1. The average molecular weight is 370 g/mol. The number of anilines is 1. The van der Waals surface area contributed by atoms with Gasteiger partial charge in [-0.2, -0.15) is 0 Å². The molecule has 7 nitrogen and oxygen atoms in total. The van der Waals surface area contributed by atoms with Crippen LogP contribution in [0.1, 0.15) is 12.8 Å². The third kappa shape index (κ3) is 3.41. The van der Waals surface area contributed by atoms with E-state index in [1.54, 1.807) is 18.1 Å². The fourth-order valence-electron chi connectivity index (χ4n) is 3.24. The maximum absolute atomic E-state index is 12.6. The summed E-state index contributed by atoms with van der Waals surface area (Å²) in [5.74, 6) is 1.65. The predicted octanol–water partition coefficient (Wildman–Crippen LogP) is 2.08. The highest BCUT2D eigenvalue weighted by Crippen LogP contribution is 2.28. The second-order valence-electron chi connectivity index (χ2n) is 6.41. The summed E-state index contributed by atoms with van der Waals surface area (Å²) in [5, 5.41) is 4.02. The summed E-state index contributed by atoms with van der Waals surface area (Å²) in [4.78, 5) is 29.3. The molecule has 0 fully saturated rings. The molecular formula is C18H22N6OS. The van der Waals surface area contributed by atoms with Crippen molar-refractivity contribution in [3.8, 4) is 0 Å². The van der Waals surface area contributed by atoms with Crippen molar-refractivity contribution >= 4 is 34.5 Å². The molecule has 0 aromatic carbocycles. The zero-order chi connectivity index (χ0) is 17.9. The summed E-state index contributed by atoms with van der Waals surface area (Å²) in [7, 11) is 2.07. The molecule has 1 amide bonds. The third-order valence-corrected chi connectivity index (χ3v) is 5.68. The molecular weight excluding hydrogens is 348 g/mol. The van der Waals surface area contributed by atoms with Gasteiger partial charge in [-0.3, -0.25) is 4.79 Å². The molecule has 2 aliphatic heterocycles. The summed E-state index contributed by atoms with van der Waals surface area (Å²) in [6.45, 7) is 2.43. The summed E-state index contributed by atoms with van der Waals surface area (Å²) >= 11 is 1.59. The first-order valence-corrected chi connectivity index (χ1v) is 9.78. The number of likely N-dealkylation sites (N-methyl/N-ethyl adjacent to an activating group) is 1. The minimum absolute atomic E-state index is 0.0288. The molecule has 4 rings (SSSR count). The van der Waals surface area contributed by atoms with E-state index < -0.39 is 0 Å². The highest BCUT2D eigenvalue weighted by atomic mass is 32.2. The van der Waals surface area contributed by atoms with Crippen molar-refractivity contribution in [1.29, 1.82) is 0 Å². The van der Waals surface area contributed by atoms with E-state index in [1.165, 1.54) is 12.1 Å². The number of aromatic amines is 1. The first-order chi connectivity index (χ1) is 12.7. The lowest BCUT2D eigenvalue weighted by molar-refractivity contribution is -0.116. The molecule has 0 saturated carbocycles. The molecule has 0 saturated heterocycles. The van der Waals surface area contributed by atoms with Crippen LogP contribution < -0.4 is 10.2 Å². The molecule has 136 valence electrons. The molecule has 26 heavy (non-hydrogen) atoms. The average Bonchev–Trinajstić information content (AvgIpc) is 3.16. The van der Waals surface area contributed by atoms with E-state index in [0.29, 0.717) is 6.54 Å². The van der Waals surface area contributed by atoms with Crippen molar-refractivity contribution in [2.75, 3.05) is 37.3 Å². The van der Waals surface area contributed by atoms with Gasteiger partial charge in [-0.05, 0) is 18.9 Å². The van der Waals surface area contributed by atoms with E-state index in [9.17, 15) is 4.79 Å². The first kappa shape index (κ1) is 17.0. The number of aromatic nitrogens is 3. The fourth-order valence-corrected chi connectivity index (χ4v) is 4.15. The van der Waals surface area contributed by atoms with Crippen LogP contribution in [-0.2, 0) is 4.79 Å². The Balaban J connectivity index is 1.49. The normalized spacial score (nSPS) is 17.9. The molecule has 0 unspecified atom stereocenters. The van der Waals surface area contributed by atoms with E-state index in [1.807, 2.05) is 23.4 Å². The van der Waals surface area contributed by atoms with E-state index in [-0.39, 0.29) is 5.91 Å². The topological polar surface area (TPSA) is 77.2 Å². The second kappa shape index (κ2) is 7.41. The number of fused-ring (bicyclic) bond motifs is 1. The van der Waals surface area contributed by atoms with Crippen LogP contribution in [0.4, 0.5) is 5.82 Å². The zero-order valence-corrected chi connectivity index (χ0v) is 15.6. The van der Waals surface area contributed by atoms with Crippen LogP contribution in [0.3, 0.4) is 0 Å². The summed E-state index contributed by atoms with van der Waals surface area (Å²) in [6.07, 6.45) is 9.78. The van der Waals surface area contributed by atoms with Gasteiger partial charge in [-0.15, -0.1) is 11.8 Å². The van der Waals surface area contributed by atoms with Crippen LogP contribution in [0.5, 0.6) is 0 Å². The van der Waals surface area contributed by atoms with Crippen molar-refractivity contribution in [3.05, 3.63) is 41.5 Å². The number of hydrogen-bond acceptors (Lipinski definition) is 6. The number of H-pyrrole nitrogens is 1. The molecule has 0 bridgehead atoms. The predicted molar refractivity (Wildman–Crippen MR) is 105 cm³/mol. The second-order valence-corrected chi connectivity index (χ2v) is 7.55. The van der Waals surface area contributed by atoms with E-state index in [0.717, 1.165) is 47.0 Å². The van der Waals surface area contributed by atoms with Crippen LogP contribution in [0.15, 0.2) is 41.5 Å². The number of amides is 1. The molecule has 2 aliphatic rings. The molecule has 8 heteroatoms. The van der Waals surface area contributed by atoms with Crippen LogP contribution in [0.25, 0.3) is 11.0 Å². The van der Waals surface area contributed by atoms with Crippen molar-refractivity contribution in [1.82, 2.24) is 25.2 Å². The smallest absolute Gasteiger partial charge is 0.259 e. The molecule has 0 spiro atoms. The maximum atomic E-state index is 12.6. The number of nitrogens with zero attached hydrogens (tertiary/aromatic N) is 4. The molecule has 2 N–H and O–H groups in total. The van der Waals surface area contributed by atoms with Gasteiger partial charge in [-0.1, -0.05) is 6.08 Å². The number of allylic oxidation sites excluding steroid dienone is 1. The van der Waals surface area contributed by atoms with E-state index in [2.05, 4.69) is 38.3 Å². The number of nitrogens with one attached hydrogen (secondary N) is 2. The Labute approximate surface area is 156 Å². The van der Waals surface area contributed by atoms with Gasteiger partial charge in [-0.25, -0.2) is 9.97 Å². The highest BCUT2D eigenvalue weighted by molar-refractivity contribution is 8.04. The summed E-state index contributed by atoms with van der Waals surface area (Å²) in [5.41, 5.74) is 1.99. The third-order valence-electron chi connectivity index (χ3n) is 4.69. The van der Waals surface area contributed by atoms with E-state index in [4.69, 9.17) is 0 Å². The van der Waals surface area contributed by atoms with Crippen LogP contribution in [0.2, 0.25) is 0 Å². The summed E-state index contributed by atoms with van der Waals surface area (Å²) in [6, 6.07) is 1.96. The van der Waals surface area contributed by atoms with Gasteiger partial charge < -0.3 is 20.1 Å². The fraction of sp³-hybridized carbons (Fsp3) is 0.389. The minimum Gasteiger partial charge on any atom is -0.377 e. The Hall–Kier alpha value is -2.48. The lowest BCUT2D eigenvalue weighted by atomic mass is 10.1. The lowest BCUT2D eigenvalue weighted by Gasteiger charge is -2.28. The quantitative estimate of drug-likeness (QED) is 0.858. The highest BCUT2D eigenvalue weighted by Gasteiger charge is 2.21. The van der Waals surface area contributed by atoms with Crippen molar-refractivity contribution < 1.29 is 4.79 Å². The Bertz CT molecular complexity index is 873. The van der Waals surface area contributed by atoms with Gasteiger partial charge in [0.05, 0.1) is 16.8 Å². The number of rotatable bonds is 4. The van der Waals surface area contributed by atoms with E-state index >= 15 is 0 Å². The molecule has 4 heterocycles. The zero-order valence-electron chi connectivity index (χ0n) is 14.7. The summed E-state index contributed by atoms with van der Waals surface area (Å²) < 4.78 is 0. The van der Waals surface area contributed by atoms with Crippen LogP contribution in [0, 0.1) is 0 Å². The molecule has 2 aromatic rings. The Morgan fingerprint density at radius 3 is 3.19 bits per heavy atom. The van der Waals surface area contributed by atoms with Gasteiger partial charge in [0.15, 0.2) is 0 Å². The Morgan fingerprint density at radius 2 is 2.31 bits per heavy atom. The SMILES string of the molecule is CN1CCCC=C1CNC(=O)C1=CN(c2ncnc3[nH]ccc23)CCS1. The number of carbonyl (C=O) groups excluding carboxylic acids is 1. The molecule has 0 atom stereocenters. The first-order valence-electron chi connectivity index (χ1n) is 8.80. The van der Waals surface area contributed by atoms with Crippen LogP contribution in [-0.4, -0.2) is 58.2 Å². The number of hydrogen-bond donors (Lipinski definition) is 2. The van der Waals surface area contributed by atoms with Gasteiger partial charge in [0, 0.05) is 44.0 Å². The van der Waals surface area contributed by atoms with Crippen molar-refractivity contribution in [2.24, 2.45) is 0 Å². The lowest BCUT2D eigenvalue weighted by Crippen LogP contribution is -2.35. The molecule has 0 aliphatic carbocycles. The minimum atomic E-state index is -0.0288. The maximum Gasteiger partial charge on any atom is 0.259 e. The number of thioether (sulfide) groups is 1.